The summed E-state index contributed by atoms with van der Waals surface area (Å²) in [4.78, 5) is 18.8. The van der Waals surface area contributed by atoms with Crippen LogP contribution in [-0.4, -0.2) is 51.1 Å². The molecule has 2 aliphatic heterocycles. The Balaban J connectivity index is 1.38. The van der Waals surface area contributed by atoms with E-state index < -0.39 is 12.5 Å². The summed E-state index contributed by atoms with van der Waals surface area (Å²) in [5.41, 5.74) is 0. The maximum Gasteiger partial charge on any atom is 0.260 e. The highest BCUT2D eigenvalue weighted by Crippen LogP contribution is 2.35. The number of alkyl halides is 2. The Hall–Kier alpha value is -1.73. The number of nitrogens with zero attached hydrogens (tertiary/aromatic N) is 4. The lowest BCUT2D eigenvalue weighted by atomic mass is 9.84. The number of rotatable bonds is 4. The van der Waals surface area contributed by atoms with Gasteiger partial charge in [-0.25, -0.2) is 13.5 Å². The van der Waals surface area contributed by atoms with Gasteiger partial charge >= 0.3 is 0 Å². The van der Waals surface area contributed by atoms with E-state index in [1.807, 2.05) is 4.90 Å². The zero-order valence-corrected chi connectivity index (χ0v) is 15.7. The van der Waals surface area contributed by atoms with E-state index in [1.54, 1.807) is 0 Å². The van der Waals surface area contributed by atoms with E-state index in [4.69, 9.17) is 0 Å². The van der Waals surface area contributed by atoms with Gasteiger partial charge in [-0.05, 0) is 43.9 Å². The summed E-state index contributed by atoms with van der Waals surface area (Å²) in [5.74, 6) is 1.38. The second kappa shape index (κ2) is 8.10. The SMILES string of the molecule is O=C(CC1CCCCC1)N1CCC[C@H]([C@@H]2C[C@H](C(F)F)n3ncnc3N2)C1. The number of fused-ring (bicyclic) bond motifs is 1. The van der Waals surface area contributed by atoms with Crippen molar-refractivity contribution in [2.45, 2.75) is 76.3 Å². The first kappa shape index (κ1) is 18.6. The van der Waals surface area contributed by atoms with Crippen molar-refractivity contribution in [1.29, 1.82) is 0 Å². The smallest absolute Gasteiger partial charge is 0.260 e. The molecule has 1 amide bonds. The predicted octanol–water partition coefficient (Wildman–Crippen LogP) is 3.48. The van der Waals surface area contributed by atoms with Crippen LogP contribution in [-0.2, 0) is 4.79 Å². The fourth-order valence-corrected chi connectivity index (χ4v) is 5.03. The number of carbonyl (C=O) groups is 1. The summed E-state index contributed by atoms with van der Waals surface area (Å²) in [6, 6.07) is -1.03. The quantitative estimate of drug-likeness (QED) is 0.867. The topological polar surface area (TPSA) is 63.1 Å². The Morgan fingerprint density at radius 1 is 1.22 bits per heavy atom. The summed E-state index contributed by atoms with van der Waals surface area (Å²) >= 11 is 0. The molecule has 2 fully saturated rings. The molecular formula is C19H29F2N5O. The lowest BCUT2D eigenvalue weighted by Crippen LogP contribution is -2.48. The van der Waals surface area contributed by atoms with E-state index in [9.17, 15) is 13.6 Å². The number of nitrogens with one attached hydrogen (secondary N) is 1. The number of anilines is 1. The molecule has 1 aromatic rings. The van der Waals surface area contributed by atoms with E-state index in [0.29, 0.717) is 31.3 Å². The van der Waals surface area contributed by atoms with Crippen LogP contribution in [0.15, 0.2) is 6.33 Å². The number of aromatic nitrogens is 3. The van der Waals surface area contributed by atoms with Gasteiger partial charge in [0, 0.05) is 25.6 Å². The molecule has 1 saturated heterocycles. The lowest BCUT2D eigenvalue weighted by Gasteiger charge is -2.41. The number of likely N-dealkylation sites (tertiary alicyclic amines) is 1. The van der Waals surface area contributed by atoms with E-state index in [1.165, 1.54) is 43.1 Å². The van der Waals surface area contributed by atoms with Gasteiger partial charge in [0.15, 0.2) is 0 Å². The third kappa shape index (κ3) is 4.09. The third-order valence-corrected chi connectivity index (χ3v) is 6.56. The Morgan fingerprint density at radius 2 is 2.04 bits per heavy atom. The van der Waals surface area contributed by atoms with Crippen LogP contribution in [0.3, 0.4) is 0 Å². The molecule has 6 nitrogen and oxygen atoms in total. The van der Waals surface area contributed by atoms with Crippen molar-refractivity contribution in [1.82, 2.24) is 19.7 Å². The van der Waals surface area contributed by atoms with Crippen LogP contribution in [0.4, 0.5) is 14.7 Å². The molecule has 27 heavy (non-hydrogen) atoms. The molecule has 3 heterocycles. The van der Waals surface area contributed by atoms with Crippen molar-refractivity contribution in [3.05, 3.63) is 6.33 Å². The van der Waals surface area contributed by atoms with Crippen molar-refractivity contribution in [3.63, 3.8) is 0 Å². The minimum atomic E-state index is -2.47. The fourth-order valence-electron chi connectivity index (χ4n) is 5.03. The van der Waals surface area contributed by atoms with Crippen molar-refractivity contribution in [2.24, 2.45) is 11.8 Å². The standard InChI is InChI=1S/C19H29F2N5O/c20-18(21)16-10-15(24-19-22-12-23-26(16)19)14-7-4-8-25(11-14)17(27)9-13-5-2-1-3-6-13/h12-16,18H,1-11H2,(H,22,23,24)/t14-,15-,16+/m0/s1. The molecule has 3 aliphatic rings. The molecule has 8 heteroatoms. The summed E-state index contributed by atoms with van der Waals surface area (Å²) in [6.07, 6.45) is 7.81. The maximum absolute atomic E-state index is 13.5. The molecule has 0 radical (unpaired) electrons. The molecule has 0 spiro atoms. The van der Waals surface area contributed by atoms with Crippen LogP contribution >= 0.6 is 0 Å². The van der Waals surface area contributed by atoms with E-state index in [0.717, 1.165) is 19.4 Å². The highest BCUT2D eigenvalue weighted by Gasteiger charge is 2.39. The maximum atomic E-state index is 13.5. The van der Waals surface area contributed by atoms with Gasteiger partial charge in [-0.3, -0.25) is 4.79 Å². The number of hydrogen-bond donors (Lipinski definition) is 1. The van der Waals surface area contributed by atoms with Gasteiger partial charge in [-0.2, -0.15) is 10.1 Å². The Labute approximate surface area is 158 Å². The average Bonchev–Trinajstić information content (AvgIpc) is 3.16. The van der Waals surface area contributed by atoms with Gasteiger partial charge in [0.05, 0.1) is 0 Å². The number of halogens is 2. The molecule has 150 valence electrons. The molecule has 0 bridgehead atoms. The van der Waals surface area contributed by atoms with Crippen molar-refractivity contribution < 1.29 is 13.6 Å². The third-order valence-electron chi connectivity index (χ3n) is 6.56. The van der Waals surface area contributed by atoms with Gasteiger partial charge in [0.1, 0.15) is 12.4 Å². The lowest BCUT2D eigenvalue weighted by molar-refractivity contribution is -0.134. The largest absolute Gasteiger partial charge is 0.351 e. The molecule has 0 aromatic carbocycles. The molecule has 1 saturated carbocycles. The molecular weight excluding hydrogens is 352 g/mol. The summed E-state index contributed by atoms with van der Waals surface area (Å²) < 4.78 is 28.3. The van der Waals surface area contributed by atoms with Gasteiger partial charge in [0.25, 0.3) is 6.43 Å². The number of hydrogen-bond acceptors (Lipinski definition) is 4. The van der Waals surface area contributed by atoms with Gasteiger partial charge in [-0.1, -0.05) is 19.3 Å². The van der Waals surface area contributed by atoms with E-state index >= 15 is 0 Å². The second-order valence-corrected chi connectivity index (χ2v) is 8.37. The van der Waals surface area contributed by atoms with Crippen LogP contribution < -0.4 is 5.32 Å². The molecule has 1 N–H and O–H groups in total. The van der Waals surface area contributed by atoms with Gasteiger partial charge in [0.2, 0.25) is 11.9 Å². The second-order valence-electron chi connectivity index (χ2n) is 8.37. The monoisotopic (exact) mass is 381 g/mol. The molecule has 1 aliphatic carbocycles. The molecule has 4 rings (SSSR count). The highest BCUT2D eigenvalue weighted by molar-refractivity contribution is 5.76. The first-order chi connectivity index (χ1) is 13.1. The summed E-state index contributed by atoms with van der Waals surface area (Å²) in [7, 11) is 0. The van der Waals surface area contributed by atoms with Crippen LogP contribution in [0.1, 0.15) is 63.8 Å². The average molecular weight is 381 g/mol. The van der Waals surface area contributed by atoms with Crippen molar-refractivity contribution >= 4 is 11.9 Å². The Kier molecular flexibility index (Phi) is 5.59. The summed E-state index contributed by atoms with van der Waals surface area (Å²) in [5, 5.41) is 7.24. The van der Waals surface area contributed by atoms with Crippen LogP contribution in [0, 0.1) is 11.8 Å². The summed E-state index contributed by atoms with van der Waals surface area (Å²) in [6.45, 7) is 1.45. The number of piperidine rings is 1. The molecule has 3 atom stereocenters. The Morgan fingerprint density at radius 3 is 2.81 bits per heavy atom. The van der Waals surface area contributed by atoms with Crippen molar-refractivity contribution in [3.8, 4) is 0 Å². The molecule has 0 unspecified atom stereocenters. The number of amides is 1. The predicted molar refractivity (Wildman–Crippen MR) is 97.6 cm³/mol. The normalized spacial score (nSPS) is 29.4. The highest BCUT2D eigenvalue weighted by atomic mass is 19.3. The molecule has 1 aromatic heterocycles. The van der Waals surface area contributed by atoms with E-state index in [2.05, 4.69) is 15.4 Å². The minimum Gasteiger partial charge on any atom is -0.351 e. The van der Waals surface area contributed by atoms with Gasteiger partial charge in [-0.15, -0.1) is 0 Å². The zero-order chi connectivity index (χ0) is 18.8. The van der Waals surface area contributed by atoms with Crippen LogP contribution in [0.2, 0.25) is 0 Å². The Bertz CT molecular complexity index is 646. The van der Waals surface area contributed by atoms with Crippen LogP contribution in [0.5, 0.6) is 0 Å². The minimum absolute atomic E-state index is 0.0917. The first-order valence-electron chi connectivity index (χ1n) is 10.3. The van der Waals surface area contributed by atoms with Crippen LogP contribution in [0.25, 0.3) is 0 Å². The van der Waals surface area contributed by atoms with Gasteiger partial charge < -0.3 is 10.2 Å². The van der Waals surface area contributed by atoms with Crippen molar-refractivity contribution in [2.75, 3.05) is 18.4 Å². The first-order valence-corrected chi connectivity index (χ1v) is 10.3. The zero-order valence-electron chi connectivity index (χ0n) is 15.7. The van der Waals surface area contributed by atoms with E-state index in [-0.39, 0.29) is 17.9 Å². The number of carbonyl (C=O) groups excluding carboxylic acids is 1. The fraction of sp³-hybridized carbons (Fsp3) is 0.842.